The Morgan fingerprint density at radius 3 is 2.82 bits per heavy atom. The summed E-state index contributed by atoms with van der Waals surface area (Å²) in [4.78, 5) is 12.0. The van der Waals surface area contributed by atoms with Gasteiger partial charge in [-0.2, -0.15) is 5.26 Å². The first-order valence-corrected chi connectivity index (χ1v) is 8.26. The molecule has 1 N–H and O–H groups in total. The van der Waals surface area contributed by atoms with Crippen LogP contribution in [0.25, 0.3) is 0 Å². The molecule has 22 heavy (non-hydrogen) atoms. The summed E-state index contributed by atoms with van der Waals surface area (Å²) in [7, 11) is 0. The second-order valence-corrected chi connectivity index (χ2v) is 6.12. The molecule has 0 aromatic heterocycles. The van der Waals surface area contributed by atoms with Crippen LogP contribution >= 0.6 is 23.4 Å². The Bertz CT molecular complexity index is 725. The van der Waals surface area contributed by atoms with E-state index in [9.17, 15) is 4.79 Å². The van der Waals surface area contributed by atoms with Crippen molar-refractivity contribution in [3.63, 3.8) is 0 Å². The van der Waals surface area contributed by atoms with E-state index < -0.39 is 0 Å². The van der Waals surface area contributed by atoms with Crippen LogP contribution in [0.1, 0.15) is 16.7 Å². The molecule has 0 spiro atoms. The molecular weight excluding hydrogens is 316 g/mol. The van der Waals surface area contributed by atoms with Crippen molar-refractivity contribution in [3.8, 4) is 6.07 Å². The van der Waals surface area contributed by atoms with Gasteiger partial charge in [0.1, 0.15) is 0 Å². The first-order chi connectivity index (χ1) is 10.6. The lowest BCUT2D eigenvalue weighted by atomic mass is 10.1. The summed E-state index contributed by atoms with van der Waals surface area (Å²) < 4.78 is 0. The Kier molecular flexibility index (Phi) is 5.88. The largest absolute Gasteiger partial charge is 0.325 e. The fraction of sp³-hybridized carbons (Fsp3) is 0.176. The summed E-state index contributed by atoms with van der Waals surface area (Å²) in [5, 5.41) is 12.5. The van der Waals surface area contributed by atoms with E-state index in [1.54, 1.807) is 18.2 Å². The van der Waals surface area contributed by atoms with Gasteiger partial charge in [-0.15, -0.1) is 11.8 Å². The molecule has 5 heteroatoms. The fourth-order valence-electron chi connectivity index (χ4n) is 1.94. The molecule has 0 aliphatic rings. The number of benzene rings is 2. The number of thioether (sulfide) groups is 1. The lowest BCUT2D eigenvalue weighted by Crippen LogP contribution is -2.15. The van der Waals surface area contributed by atoms with Gasteiger partial charge in [0.05, 0.1) is 17.4 Å². The summed E-state index contributed by atoms with van der Waals surface area (Å²) in [6.07, 6.45) is 0. The van der Waals surface area contributed by atoms with E-state index in [2.05, 4.69) is 11.4 Å². The third-order valence-electron chi connectivity index (χ3n) is 3.17. The minimum atomic E-state index is -0.0789. The number of carbonyl (C=O) groups excluding carboxylic acids is 1. The van der Waals surface area contributed by atoms with Gasteiger partial charge in [-0.1, -0.05) is 35.9 Å². The van der Waals surface area contributed by atoms with Crippen molar-refractivity contribution in [2.24, 2.45) is 0 Å². The van der Waals surface area contributed by atoms with Crippen LogP contribution in [0.15, 0.2) is 42.5 Å². The van der Waals surface area contributed by atoms with E-state index in [1.165, 1.54) is 11.8 Å². The highest BCUT2D eigenvalue weighted by Crippen LogP contribution is 2.23. The number of nitrogens with one attached hydrogen (secondary N) is 1. The van der Waals surface area contributed by atoms with Crippen LogP contribution in [0.4, 0.5) is 5.69 Å². The Labute approximate surface area is 139 Å². The summed E-state index contributed by atoms with van der Waals surface area (Å²) >= 11 is 7.51. The third kappa shape index (κ3) is 4.27. The minimum absolute atomic E-state index is 0.0789. The maximum atomic E-state index is 12.0. The number of nitriles is 1. The van der Waals surface area contributed by atoms with Gasteiger partial charge in [0, 0.05) is 16.5 Å². The van der Waals surface area contributed by atoms with Crippen molar-refractivity contribution in [2.75, 3.05) is 11.1 Å². The monoisotopic (exact) mass is 330 g/mol. The molecule has 0 saturated carbocycles. The van der Waals surface area contributed by atoms with E-state index in [1.807, 2.05) is 31.2 Å². The van der Waals surface area contributed by atoms with Crippen molar-refractivity contribution in [1.29, 1.82) is 5.26 Å². The molecule has 1 amide bonds. The molecule has 2 aromatic carbocycles. The number of rotatable bonds is 5. The average Bonchev–Trinajstić information content (AvgIpc) is 2.52. The number of nitrogens with zero attached hydrogens (tertiary/aromatic N) is 1. The number of hydrogen-bond acceptors (Lipinski definition) is 3. The van der Waals surface area contributed by atoms with E-state index in [0.29, 0.717) is 22.1 Å². The molecule has 0 atom stereocenters. The summed E-state index contributed by atoms with van der Waals surface area (Å²) in [6, 6.07) is 15.0. The predicted molar refractivity (Wildman–Crippen MR) is 92.1 cm³/mol. The molecular formula is C17H15ClN2OS. The van der Waals surface area contributed by atoms with Gasteiger partial charge in [0.2, 0.25) is 5.91 Å². The normalized spacial score (nSPS) is 10.0. The van der Waals surface area contributed by atoms with Gasteiger partial charge in [-0.05, 0) is 36.2 Å². The fourth-order valence-corrected chi connectivity index (χ4v) is 2.94. The molecule has 0 heterocycles. The number of carbonyl (C=O) groups is 1. The highest BCUT2D eigenvalue weighted by atomic mass is 35.5. The second kappa shape index (κ2) is 7.88. The Morgan fingerprint density at radius 1 is 1.27 bits per heavy atom. The Hall–Kier alpha value is -1.96. The molecule has 3 nitrogen and oxygen atoms in total. The molecule has 2 rings (SSSR count). The van der Waals surface area contributed by atoms with Crippen molar-refractivity contribution in [1.82, 2.24) is 0 Å². The maximum Gasteiger partial charge on any atom is 0.234 e. The topological polar surface area (TPSA) is 52.9 Å². The van der Waals surface area contributed by atoms with Crippen LogP contribution in [0.2, 0.25) is 5.02 Å². The smallest absolute Gasteiger partial charge is 0.234 e. The molecule has 112 valence electrons. The average molecular weight is 331 g/mol. The zero-order valence-electron chi connectivity index (χ0n) is 12.1. The minimum Gasteiger partial charge on any atom is -0.325 e. The number of anilines is 1. The zero-order chi connectivity index (χ0) is 15.9. The molecule has 2 aromatic rings. The standard InChI is InChI=1S/C17H15ClN2OS/c1-12-15(18)7-4-8-16(12)20-17(21)11-22-10-14-6-3-2-5-13(14)9-19/h2-8H,10-11H2,1H3,(H,20,21). The number of halogens is 1. The SMILES string of the molecule is Cc1c(Cl)cccc1NC(=O)CSCc1ccccc1C#N. The molecule has 0 unspecified atom stereocenters. The van der Waals surface area contributed by atoms with E-state index in [0.717, 1.165) is 16.8 Å². The van der Waals surface area contributed by atoms with Crippen molar-refractivity contribution in [3.05, 3.63) is 64.2 Å². The van der Waals surface area contributed by atoms with Crippen LogP contribution < -0.4 is 5.32 Å². The summed E-state index contributed by atoms with van der Waals surface area (Å²) in [6.45, 7) is 1.87. The first kappa shape index (κ1) is 16.4. The third-order valence-corrected chi connectivity index (χ3v) is 4.56. The van der Waals surface area contributed by atoms with Crippen LogP contribution in [0, 0.1) is 18.3 Å². The van der Waals surface area contributed by atoms with Crippen molar-refractivity contribution >= 4 is 35.0 Å². The van der Waals surface area contributed by atoms with Gasteiger partial charge < -0.3 is 5.32 Å². The van der Waals surface area contributed by atoms with E-state index >= 15 is 0 Å². The molecule has 0 bridgehead atoms. The van der Waals surface area contributed by atoms with Crippen molar-refractivity contribution in [2.45, 2.75) is 12.7 Å². The van der Waals surface area contributed by atoms with Gasteiger partial charge >= 0.3 is 0 Å². The number of hydrogen-bond donors (Lipinski definition) is 1. The predicted octanol–water partition coefficient (Wildman–Crippen LogP) is 4.39. The zero-order valence-corrected chi connectivity index (χ0v) is 13.7. The number of amides is 1. The highest BCUT2D eigenvalue weighted by molar-refractivity contribution is 7.99. The molecule has 0 fully saturated rings. The van der Waals surface area contributed by atoms with Gasteiger partial charge in [0.25, 0.3) is 0 Å². The second-order valence-electron chi connectivity index (χ2n) is 4.72. The van der Waals surface area contributed by atoms with Crippen LogP contribution in [-0.2, 0) is 10.5 Å². The summed E-state index contributed by atoms with van der Waals surface area (Å²) in [5.74, 6) is 0.877. The van der Waals surface area contributed by atoms with Crippen LogP contribution in [0.3, 0.4) is 0 Å². The van der Waals surface area contributed by atoms with Crippen LogP contribution in [-0.4, -0.2) is 11.7 Å². The Morgan fingerprint density at radius 2 is 2.05 bits per heavy atom. The van der Waals surface area contributed by atoms with Crippen molar-refractivity contribution < 1.29 is 4.79 Å². The quantitative estimate of drug-likeness (QED) is 0.884. The van der Waals surface area contributed by atoms with E-state index in [-0.39, 0.29) is 5.91 Å². The molecule has 0 aliphatic heterocycles. The van der Waals surface area contributed by atoms with E-state index in [4.69, 9.17) is 16.9 Å². The molecule has 0 aliphatic carbocycles. The van der Waals surface area contributed by atoms with Gasteiger partial charge in [-0.25, -0.2) is 0 Å². The Balaban J connectivity index is 1.88. The highest BCUT2D eigenvalue weighted by Gasteiger charge is 2.08. The lowest BCUT2D eigenvalue weighted by Gasteiger charge is -2.09. The first-order valence-electron chi connectivity index (χ1n) is 6.72. The maximum absolute atomic E-state index is 12.0. The van der Waals surface area contributed by atoms with Gasteiger partial charge in [0.15, 0.2) is 0 Å². The summed E-state index contributed by atoms with van der Waals surface area (Å²) in [5.41, 5.74) is 3.19. The van der Waals surface area contributed by atoms with Crippen LogP contribution in [0.5, 0.6) is 0 Å². The molecule has 0 saturated heterocycles. The van der Waals surface area contributed by atoms with Gasteiger partial charge in [-0.3, -0.25) is 4.79 Å². The lowest BCUT2D eigenvalue weighted by molar-refractivity contribution is -0.113. The molecule has 0 radical (unpaired) electrons.